The molecular weight excluding hydrogens is 285 g/mol. The van der Waals surface area contributed by atoms with Crippen molar-refractivity contribution in [3.05, 3.63) is 53.5 Å². The SMILES string of the molecule is CC(=O)Nc1cc(CCc2ccc(NC=O)c(F)c2)ccn1. The predicted molar refractivity (Wildman–Crippen MR) is 82.0 cm³/mol. The number of hydrogen-bond donors (Lipinski definition) is 2. The number of carbonyl (C=O) groups is 2. The highest BCUT2D eigenvalue weighted by Gasteiger charge is 2.04. The molecule has 0 aliphatic heterocycles. The summed E-state index contributed by atoms with van der Waals surface area (Å²) in [5.74, 6) is -0.134. The van der Waals surface area contributed by atoms with Gasteiger partial charge in [-0.25, -0.2) is 9.37 Å². The van der Waals surface area contributed by atoms with Crippen LogP contribution in [0.3, 0.4) is 0 Å². The van der Waals surface area contributed by atoms with E-state index < -0.39 is 5.82 Å². The van der Waals surface area contributed by atoms with E-state index >= 15 is 0 Å². The van der Waals surface area contributed by atoms with Crippen LogP contribution in [0.25, 0.3) is 0 Å². The first-order valence-corrected chi connectivity index (χ1v) is 6.79. The molecule has 2 rings (SSSR count). The fraction of sp³-hybridized carbons (Fsp3) is 0.188. The second-order valence-electron chi connectivity index (χ2n) is 4.81. The summed E-state index contributed by atoms with van der Waals surface area (Å²) in [6, 6.07) is 8.35. The molecule has 0 radical (unpaired) electrons. The van der Waals surface area contributed by atoms with Crippen molar-refractivity contribution in [2.75, 3.05) is 10.6 Å². The van der Waals surface area contributed by atoms with Crippen molar-refractivity contribution in [1.29, 1.82) is 0 Å². The van der Waals surface area contributed by atoms with Crippen LogP contribution in [0.1, 0.15) is 18.1 Å². The number of pyridine rings is 1. The maximum absolute atomic E-state index is 13.7. The summed E-state index contributed by atoms with van der Waals surface area (Å²) in [6.07, 6.45) is 3.40. The first-order chi connectivity index (χ1) is 10.6. The summed E-state index contributed by atoms with van der Waals surface area (Å²) >= 11 is 0. The zero-order valence-electron chi connectivity index (χ0n) is 12.1. The largest absolute Gasteiger partial charge is 0.326 e. The second-order valence-corrected chi connectivity index (χ2v) is 4.81. The van der Waals surface area contributed by atoms with Crippen LogP contribution in [-0.4, -0.2) is 17.3 Å². The first-order valence-electron chi connectivity index (χ1n) is 6.79. The molecule has 0 saturated carbocycles. The Labute approximate surface area is 127 Å². The normalized spacial score (nSPS) is 10.1. The van der Waals surface area contributed by atoms with Crippen LogP contribution in [-0.2, 0) is 22.4 Å². The Morgan fingerprint density at radius 2 is 1.95 bits per heavy atom. The van der Waals surface area contributed by atoms with Crippen LogP contribution < -0.4 is 10.6 Å². The third-order valence-corrected chi connectivity index (χ3v) is 3.08. The van der Waals surface area contributed by atoms with Gasteiger partial charge in [-0.3, -0.25) is 9.59 Å². The summed E-state index contributed by atoms with van der Waals surface area (Å²) in [5.41, 5.74) is 1.98. The number of aromatic nitrogens is 1. The monoisotopic (exact) mass is 301 g/mol. The molecule has 0 atom stereocenters. The van der Waals surface area contributed by atoms with E-state index in [4.69, 9.17) is 0 Å². The Morgan fingerprint density at radius 3 is 2.59 bits per heavy atom. The Morgan fingerprint density at radius 1 is 1.23 bits per heavy atom. The minimum atomic E-state index is -0.460. The van der Waals surface area contributed by atoms with Crippen LogP contribution in [0.5, 0.6) is 0 Å². The number of nitrogens with one attached hydrogen (secondary N) is 2. The van der Waals surface area contributed by atoms with E-state index in [1.807, 2.05) is 6.07 Å². The van der Waals surface area contributed by atoms with Crippen LogP contribution in [0.15, 0.2) is 36.5 Å². The van der Waals surface area contributed by atoms with Gasteiger partial charge in [-0.1, -0.05) is 6.07 Å². The van der Waals surface area contributed by atoms with Crippen molar-refractivity contribution in [1.82, 2.24) is 4.98 Å². The quantitative estimate of drug-likeness (QED) is 0.805. The average Bonchev–Trinajstić information content (AvgIpc) is 2.47. The smallest absolute Gasteiger partial charge is 0.222 e. The number of benzene rings is 1. The predicted octanol–water partition coefficient (Wildman–Crippen LogP) is 2.53. The van der Waals surface area contributed by atoms with Gasteiger partial charge in [0.1, 0.15) is 11.6 Å². The summed E-state index contributed by atoms with van der Waals surface area (Å²) in [5, 5.41) is 4.92. The lowest BCUT2D eigenvalue weighted by Crippen LogP contribution is -2.07. The summed E-state index contributed by atoms with van der Waals surface area (Å²) in [4.78, 5) is 25.4. The number of anilines is 2. The first kappa shape index (κ1) is 15.6. The molecule has 2 N–H and O–H groups in total. The van der Waals surface area contributed by atoms with Gasteiger partial charge in [-0.15, -0.1) is 0 Å². The van der Waals surface area contributed by atoms with Gasteiger partial charge in [0.15, 0.2) is 0 Å². The highest BCUT2D eigenvalue weighted by atomic mass is 19.1. The average molecular weight is 301 g/mol. The van der Waals surface area contributed by atoms with E-state index in [-0.39, 0.29) is 11.6 Å². The molecular formula is C16H16FN3O2. The summed E-state index contributed by atoms with van der Waals surface area (Å²) < 4.78 is 13.7. The number of rotatable bonds is 6. The van der Waals surface area contributed by atoms with Gasteiger partial charge >= 0.3 is 0 Å². The summed E-state index contributed by atoms with van der Waals surface area (Å²) in [6.45, 7) is 1.42. The molecule has 1 aromatic carbocycles. The molecule has 0 aliphatic rings. The minimum absolute atomic E-state index is 0.163. The van der Waals surface area contributed by atoms with Crippen molar-refractivity contribution in [3.8, 4) is 0 Å². The lowest BCUT2D eigenvalue weighted by atomic mass is 10.0. The number of nitrogens with zero attached hydrogens (tertiary/aromatic N) is 1. The lowest BCUT2D eigenvalue weighted by molar-refractivity contribution is -0.114. The molecule has 22 heavy (non-hydrogen) atoms. The third kappa shape index (κ3) is 4.37. The standard InChI is InChI=1S/C16H16FN3O2/c1-11(22)20-16-9-13(6-7-18-16)3-2-12-4-5-15(19-10-21)14(17)8-12/h4-10H,2-3H2,1H3,(H,19,21)(H,18,20,22). The van der Waals surface area contributed by atoms with E-state index in [9.17, 15) is 14.0 Å². The van der Waals surface area contributed by atoms with Gasteiger partial charge in [-0.2, -0.15) is 0 Å². The van der Waals surface area contributed by atoms with Crippen molar-refractivity contribution in [3.63, 3.8) is 0 Å². The Balaban J connectivity index is 2.02. The molecule has 1 heterocycles. The zero-order valence-corrected chi connectivity index (χ0v) is 12.1. The fourth-order valence-corrected chi connectivity index (χ4v) is 2.06. The maximum Gasteiger partial charge on any atom is 0.222 e. The number of aryl methyl sites for hydroxylation is 2. The van der Waals surface area contributed by atoms with E-state index in [1.54, 1.807) is 18.3 Å². The molecule has 0 fully saturated rings. The highest BCUT2D eigenvalue weighted by Crippen LogP contribution is 2.17. The summed E-state index contributed by atoms with van der Waals surface area (Å²) in [7, 11) is 0. The number of hydrogen-bond acceptors (Lipinski definition) is 3. The molecule has 114 valence electrons. The van der Waals surface area contributed by atoms with Crippen LogP contribution in [0.2, 0.25) is 0 Å². The molecule has 6 heteroatoms. The van der Waals surface area contributed by atoms with Gasteiger partial charge in [0, 0.05) is 13.1 Å². The van der Waals surface area contributed by atoms with E-state index in [2.05, 4.69) is 15.6 Å². The second kappa shape index (κ2) is 7.31. The highest BCUT2D eigenvalue weighted by molar-refractivity contribution is 5.87. The van der Waals surface area contributed by atoms with Crippen molar-refractivity contribution >= 4 is 23.8 Å². The van der Waals surface area contributed by atoms with Gasteiger partial charge in [0.2, 0.25) is 12.3 Å². The Kier molecular flexibility index (Phi) is 5.19. The van der Waals surface area contributed by atoms with Crippen LogP contribution in [0.4, 0.5) is 15.9 Å². The fourth-order valence-electron chi connectivity index (χ4n) is 2.06. The van der Waals surface area contributed by atoms with Gasteiger partial charge in [0.25, 0.3) is 0 Å². The Bertz CT molecular complexity index is 689. The van der Waals surface area contributed by atoms with E-state index in [1.165, 1.54) is 19.1 Å². The van der Waals surface area contributed by atoms with Crippen molar-refractivity contribution in [2.45, 2.75) is 19.8 Å². The van der Waals surface area contributed by atoms with Crippen molar-refractivity contribution in [2.24, 2.45) is 0 Å². The molecule has 0 spiro atoms. The topological polar surface area (TPSA) is 71.1 Å². The Hall–Kier alpha value is -2.76. The number of carbonyl (C=O) groups excluding carboxylic acids is 2. The molecule has 5 nitrogen and oxygen atoms in total. The van der Waals surface area contributed by atoms with Gasteiger partial charge in [0.05, 0.1) is 5.69 Å². The number of halogens is 1. The molecule has 2 amide bonds. The maximum atomic E-state index is 13.7. The van der Waals surface area contributed by atoms with E-state index in [0.717, 1.165) is 11.1 Å². The van der Waals surface area contributed by atoms with Crippen LogP contribution in [0, 0.1) is 5.82 Å². The zero-order chi connectivity index (χ0) is 15.9. The molecule has 1 aromatic heterocycles. The van der Waals surface area contributed by atoms with Gasteiger partial charge < -0.3 is 10.6 Å². The van der Waals surface area contributed by atoms with Crippen molar-refractivity contribution < 1.29 is 14.0 Å². The molecule has 0 bridgehead atoms. The van der Waals surface area contributed by atoms with Crippen LogP contribution >= 0.6 is 0 Å². The molecule has 0 unspecified atom stereocenters. The molecule has 2 aromatic rings. The number of amides is 2. The lowest BCUT2D eigenvalue weighted by Gasteiger charge is -2.07. The molecule has 0 aliphatic carbocycles. The molecule has 0 saturated heterocycles. The van der Waals surface area contributed by atoms with E-state index in [0.29, 0.717) is 25.1 Å². The third-order valence-electron chi connectivity index (χ3n) is 3.08. The van der Waals surface area contributed by atoms with Gasteiger partial charge in [-0.05, 0) is 48.2 Å². The minimum Gasteiger partial charge on any atom is -0.326 e.